The van der Waals surface area contributed by atoms with Gasteiger partial charge in [0.15, 0.2) is 5.96 Å². The Morgan fingerprint density at radius 2 is 1.76 bits per heavy atom. The molecule has 4 heteroatoms. The molecule has 21 heavy (non-hydrogen) atoms. The fourth-order valence-corrected chi connectivity index (χ4v) is 3.01. The first kappa shape index (κ1) is 16.6. The molecule has 0 aromatic rings. The van der Waals surface area contributed by atoms with Gasteiger partial charge in [0.25, 0.3) is 0 Å². The summed E-state index contributed by atoms with van der Waals surface area (Å²) >= 11 is 0. The molecule has 0 aromatic carbocycles. The van der Waals surface area contributed by atoms with Crippen LogP contribution in [0.1, 0.15) is 57.8 Å². The summed E-state index contributed by atoms with van der Waals surface area (Å²) in [5.74, 6) is 2.74. The average Bonchev–Trinajstić information content (AvgIpc) is 3.34. The van der Waals surface area contributed by atoms with Crippen molar-refractivity contribution >= 4 is 5.96 Å². The number of ether oxygens (including phenoxy) is 1. The molecule has 4 nitrogen and oxygen atoms in total. The Kier molecular flexibility index (Phi) is 7.94. The second-order valence-corrected chi connectivity index (χ2v) is 6.59. The molecule has 0 atom stereocenters. The van der Waals surface area contributed by atoms with E-state index in [0.717, 1.165) is 50.5 Å². The molecule has 0 unspecified atom stereocenters. The molecule has 0 aromatic heterocycles. The number of guanidine groups is 1. The lowest BCUT2D eigenvalue weighted by Crippen LogP contribution is -2.39. The summed E-state index contributed by atoms with van der Waals surface area (Å²) in [6.45, 7) is 3.81. The number of aliphatic imine (C=N–C) groups is 1. The molecule has 0 radical (unpaired) electrons. The van der Waals surface area contributed by atoms with Crippen LogP contribution in [0.25, 0.3) is 0 Å². The van der Waals surface area contributed by atoms with Crippen molar-refractivity contribution in [2.45, 2.75) is 57.8 Å². The van der Waals surface area contributed by atoms with E-state index in [1.165, 1.54) is 51.4 Å². The van der Waals surface area contributed by atoms with Crippen molar-refractivity contribution in [2.75, 3.05) is 33.4 Å². The summed E-state index contributed by atoms with van der Waals surface area (Å²) in [6, 6.07) is 0. The maximum absolute atomic E-state index is 5.63. The number of nitrogens with zero attached hydrogens (tertiary/aromatic N) is 1. The lowest BCUT2D eigenvalue weighted by molar-refractivity contribution is 0.123. The van der Waals surface area contributed by atoms with Crippen LogP contribution in [0.3, 0.4) is 0 Å². The van der Waals surface area contributed by atoms with Crippen molar-refractivity contribution in [1.82, 2.24) is 10.6 Å². The van der Waals surface area contributed by atoms with E-state index in [4.69, 9.17) is 4.74 Å². The van der Waals surface area contributed by atoms with Crippen molar-refractivity contribution in [2.24, 2.45) is 16.8 Å². The van der Waals surface area contributed by atoms with Gasteiger partial charge in [-0.1, -0.05) is 32.1 Å². The van der Waals surface area contributed by atoms with E-state index in [1.807, 2.05) is 7.05 Å². The highest BCUT2D eigenvalue weighted by Crippen LogP contribution is 2.28. The highest BCUT2D eigenvalue weighted by Gasteiger charge is 2.20. The highest BCUT2D eigenvalue weighted by atomic mass is 16.5. The van der Waals surface area contributed by atoms with Crippen LogP contribution in [0.2, 0.25) is 0 Å². The monoisotopic (exact) mass is 295 g/mol. The van der Waals surface area contributed by atoms with E-state index in [0.29, 0.717) is 0 Å². The zero-order valence-electron chi connectivity index (χ0n) is 13.7. The highest BCUT2D eigenvalue weighted by molar-refractivity contribution is 5.79. The van der Waals surface area contributed by atoms with Crippen LogP contribution < -0.4 is 10.6 Å². The summed E-state index contributed by atoms with van der Waals surface area (Å²) in [7, 11) is 1.85. The molecular weight excluding hydrogens is 262 g/mol. The molecule has 0 bridgehead atoms. The summed E-state index contributed by atoms with van der Waals surface area (Å²) in [5.41, 5.74) is 0. The maximum atomic E-state index is 5.63. The fourth-order valence-electron chi connectivity index (χ4n) is 3.01. The van der Waals surface area contributed by atoms with Gasteiger partial charge in [0.05, 0.1) is 0 Å². The van der Waals surface area contributed by atoms with Gasteiger partial charge in [-0.25, -0.2) is 0 Å². The van der Waals surface area contributed by atoms with Crippen molar-refractivity contribution in [1.29, 1.82) is 0 Å². The van der Waals surface area contributed by atoms with Gasteiger partial charge in [-0.3, -0.25) is 4.99 Å². The third-order valence-electron chi connectivity index (χ3n) is 4.60. The van der Waals surface area contributed by atoms with E-state index in [1.54, 1.807) is 0 Å². The van der Waals surface area contributed by atoms with E-state index in [9.17, 15) is 0 Å². The Hall–Kier alpha value is -0.770. The quantitative estimate of drug-likeness (QED) is 0.390. The topological polar surface area (TPSA) is 45.7 Å². The number of hydrogen-bond acceptors (Lipinski definition) is 2. The van der Waals surface area contributed by atoms with Crippen molar-refractivity contribution in [3.05, 3.63) is 0 Å². The molecule has 122 valence electrons. The smallest absolute Gasteiger partial charge is 0.190 e. The molecule has 2 aliphatic rings. The standard InChI is InChI=1S/C17H33N3O/c1-18-17(19-11-5-13-21-14-16-8-9-16)20-12-10-15-6-3-2-4-7-15/h15-16H,2-14H2,1H3,(H2,18,19,20). The Morgan fingerprint density at radius 1 is 1.00 bits per heavy atom. The lowest BCUT2D eigenvalue weighted by atomic mass is 9.87. The van der Waals surface area contributed by atoms with Gasteiger partial charge in [-0.2, -0.15) is 0 Å². The molecule has 2 aliphatic carbocycles. The van der Waals surface area contributed by atoms with Crippen LogP contribution in [0, 0.1) is 11.8 Å². The SMILES string of the molecule is CN=C(NCCCOCC1CC1)NCCC1CCCCC1. The molecule has 0 heterocycles. The average molecular weight is 295 g/mol. The Bertz CT molecular complexity index is 296. The molecule has 2 rings (SSSR count). The van der Waals surface area contributed by atoms with Crippen molar-refractivity contribution < 1.29 is 4.74 Å². The first-order valence-corrected chi connectivity index (χ1v) is 8.90. The van der Waals surface area contributed by atoms with Gasteiger partial charge in [0, 0.05) is 33.4 Å². The fraction of sp³-hybridized carbons (Fsp3) is 0.941. The van der Waals surface area contributed by atoms with E-state index in [2.05, 4.69) is 15.6 Å². The second kappa shape index (κ2) is 10.0. The Labute approximate surface area is 130 Å². The number of rotatable bonds is 9. The van der Waals surface area contributed by atoms with E-state index < -0.39 is 0 Å². The van der Waals surface area contributed by atoms with Crippen LogP contribution >= 0.6 is 0 Å². The van der Waals surface area contributed by atoms with Crippen LogP contribution in [0.4, 0.5) is 0 Å². The Balaban J connectivity index is 1.43. The number of hydrogen-bond donors (Lipinski definition) is 2. The van der Waals surface area contributed by atoms with E-state index >= 15 is 0 Å². The van der Waals surface area contributed by atoms with Gasteiger partial charge in [0.2, 0.25) is 0 Å². The molecule has 0 spiro atoms. The predicted molar refractivity (Wildman–Crippen MR) is 88.7 cm³/mol. The van der Waals surface area contributed by atoms with Crippen molar-refractivity contribution in [3.8, 4) is 0 Å². The lowest BCUT2D eigenvalue weighted by Gasteiger charge is -2.22. The van der Waals surface area contributed by atoms with Gasteiger partial charge >= 0.3 is 0 Å². The minimum absolute atomic E-state index is 0.864. The van der Waals surface area contributed by atoms with Crippen LogP contribution in [-0.4, -0.2) is 39.3 Å². The zero-order valence-corrected chi connectivity index (χ0v) is 13.7. The molecule has 2 saturated carbocycles. The van der Waals surface area contributed by atoms with Gasteiger partial charge < -0.3 is 15.4 Å². The van der Waals surface area contributed by atoms with Crippen LogP contribution in [0.15, 0.2) is 4.99 Å². The first-order valence-electron chi connectivity index (χ1n) is 8.90. The summed E-state index contributed by atoms with van der Waals surface area (Å²) in [4.78, 5) is 4.28. The normalized spacial score (nSPS) is 20.5. The second-order valence-electron chi connectivity index (χ2n) is 6.59. The van der Waals surface area contributed by atoms with Crippen molar-refractivity contribution in [3.63, 3.8) is 0 Å². The minimum atomic E-state index is 0.864. The zero-order chi connectivity index (χ0) is 14.8. The van der Waals surface area contributed by atoms with E-state index in [-0.39, 0.29) is 0 Å². The molecule has 0 amide bonds. The summed E-state index contributed by atoms with van der Waals surface area (Å²) in [6.07, 6.45) is 12.2. The number of nitrogens with one attached hydrogen (secondary N) is 2. The maximum Gasteiger partial charge on any atom is 0.190 e. The van der Waals surface area contributed by atoms with Crippen LogP contribution in [0.5, 0.6) is 0 Å². The third-order valence-corrected chi connectivity index (χ3v) is 4.60. The van der Waals surface area contributed by atoms with Gasteiger partial charge in [0.1, 0.15) is 0 Å². The third kappa shape index (κ3) is 7.70. The van der Waals surface area contributed by atoms with Gasteiger partial charge in [-0.15, -0.1) is 0 Å². The molecule has 0 saturated heterocycles. The molecule has 0 aliphatic heterocycles. The predicted octanol–water partition coefficient (Wildman–Crippen LogP) is 2.94. The largest absolute Gasteiger partial charge is 0.381 e. The molecule has 2 fully saturated rings. The molecule has 2 N–H and O–H groups in total. The van der Waals surface area contributed by atoms with Crippen LogP contribution in [-0.2, 0) is 4.74 Å². The Morgan fingerprint density at radius 3 is 2.48 bits per heavy atom. The molecular formula is C17H33N3O. The minimum Gasteiger partial charge on any atom is -0.381 e. The first-order chi connectivity index (χ1) is 10.4. The summed E-state index contributed by atoms with van der Waals surface area (Å²) in [5, 5.41) is 6.80. The summed E-state index contributed by atoms with van der Waals surface area (Å²) < 4.78 is 5.63. The van der Waals surface area contributed by atoms with Gasteiger partial charge in [-0.05, 0) is 37.5 Å².